The van der Waals surface area contributed by atoms with Crippen LogP contribution in [-0.2, 0) is 38.3 Å². The summed E-state index contributed by atoms with van der Waals surface area (Å²) in [6.45, 7) is 0. The third kappa shape index (κ3) is 8.28. The van der Waals surface area contributed by atoms with Gasteiger partial charge in [0.25, 0.3) is 0 Å². The largest absolute Gasteiger partial charge is 0.513 e. The highest BCUT2D eigenvalue weighted by Crippen LogP contribution is 2.38. The van der Waals surface area contributed by atoms with Crippen LogP contribution in [-0.4, -0.2) is 87.5 Å². The first-order valence-electron chi connectivity index (χ1n) is 15.6. The Bertz CT molecular complexity index is 1830. The smallest absolute Gasteiger partial charge is 0.437 e. The van der Waals surface area contributed by atoms with Gasteiger partial charge in [0, 0.05) is 14.1 Å². The number of nitrogens with one attached hydrogen (secondary N) is 2. The van der Waals surface area contributed by atoms with E-state index in [1.807, 2.05) is 0 Å². The number of ether oxygens (including phenoxy) is 6. The fourth-order valence-corrected chi connectivity index (χ4v) is 5.23. The average Bonchev–Trinajstić information content (AvgIpc) is 3.19. The van der Waals surface area contributed by atoms with Gasteiger partial charge in [-0.15, -0.1) is 0 Å². The van der Waals surface area contributed by atoms with Gasteiger partial charge >= 0.3 is 36.4 Å². The van der Waals surface area contributed by atoms with Crippen molar-refractivity contribution in [3.63, 3.8) is 0 Å². The second-order valence-electron chi connectivity index (χ2n) is 10.9. The number of carbonyl (C=O) groups excluding carboxylic acids is 8. The van der Waals surface area contributed by atoms with E-state index in [1.54, 1.807) is 0 Å². The Hall–Kier alpha value is -7.24. The highest BCUT2D eigenvalue weighted by atomic mass is 17.2. The number of benzene rings is 2. The summed E-state index contributed by atoms with van der Waals surface area (Å²) in [7, 11) is 4.45. The van der Waals surface area contributed by atoms with E-state index in [4.69, 9.17) is 28.7 Å². The van der Waals surface area contributed by atoms with E-state index >= 15 is 0 Å². The lowest BCUT2D eigenvalue weighted by atomic mass is 9.77. The van der Waals surface area contributed by atoms with E-state index in [9.17, 15) is 38.4 Å². The topological polar surface area (TPSA) is 234 Å². The van der Waals surface area contributed by atoms with Crippen molar-refractivity contribution in [2.45, 2.75) is 11.2 Å². The summed E-state index contributed by atoms with van der Waals surface area (Å²) in [5.74, 6) is -9.37. The van der Waals surface area contributed by atoms with Crippen LogP contribution in [0.25, 0.3) is 0 Å². The van der Waals surface area contributed by atoms with Crippen molar-refractivity contribution in [3.05, 3.63) is 108 Å². The third-order valence-electron chi connectivity index (χ3n) is 7.78. The van der Waals surface area contributed by atoms with Crippen LogP contribution in [0.15, 0.2) is 97.1 Å². The molecular formula is C36H32N2O16. The molecule has 0 aromatic heterocycles. The van der Waals surface area contributed by atoms with Gasteiger partial charge in [0.2, 0.25) is 22.8 Å². The maximum atomic E-state index is 14.2. The summed E-state index contributed by atoms with van der Waals surface area (Å²) in [6.07, 6.45) is 4.86. The first kappa shape index (κ1) is 39.5. The number of methoxy groups -OCH3 is 2. The monoisotopic (exact) mass is 748 g/mol. The number of hydrogen-bond donors (Lipinski definition) is 2. The van der Waals surface area contributed by atoms with Crippen LogP contribution in [0.2, 0.25) is 0 Å². The molecule has 0 spiro atoms. The summed E-state index contributed by atoms with van der Waals surface area (Å²) in [5.41, 5.74) is -5.70. The Morgan fingerprint density at radius 3 is 1.28 bits per heavy atom. The molecule has 4 unspecified atom stereocenters. The van der Waals surface area contributed by atoms with Gasteiger partial charge in [-0.05, 0) is 36.4 Å². The number of amides is 2. The molecule has 54 heavy (non-hydrogen) atoms. The molecular weight excluding hydrogens is 716 g/mol. The van der Waals surface area contributed by atoms with Gasteiger partial charge in [-0.2, -0.15) is 0 Å². The van der Waals surface area contributed by atoms with Crippen molar-refractivity contribution in [3.8, 4) is 11.5 Å². The zero-order chi connectivity index (χ0) is 39.5. The van der Waals surface area contributed by atoms with Crippen LogP contribution in [0.1, 0.15) is 20.7 Å². The molecule has 2 aromatic carbocycles. The second kappa shape index (κ2) is 17.3. The third-order valence-corrected chi connectivity index (χ3v) is 7.78. The zero-order valence-electron chi connectivity index (χ0n) is 28.9. The fourth-order valence-electron chi connectivity index (χ4n) is 5.23. The molecule has 0 bridgehead atoms. The lowest BCUT2D eigenvalue weighted by molar-refractivity contribution is -0.267. The van der Waals surface area contributed by atoms with Crippen LogP contribution < -0.4 is 20.1 Å². The molecule has 2 aliphatic carbocycles. The van der Waals surface area contributed by atoms with Crippen molar-refractivity contribution in [1.29, 1.82) is 0 Å². The molecule has 18 nitrogen and oxygen atoms in total. The predicted molar refractivity (Wildman–Crippen MR) is 180 cm³/mol. The lowest BCUT2D eigenvalue weighted by Crippen LogP contribution is -2.54. The normalized spacial score (nSPS) is 20.7. The Kier molecular flexibility index (Phi) is 12.7. The molecule has 4 rings (SSSR count). The number of carbonyl (C=O) groups is 8. The predicted octanol–water partition coefficient (Wildman–Crippen LogP) is 3.72. The molecule has 0 fully saturated rings. The summed E-state index contributed by atoms with van der Waals surface area (Å²) in [4.78, 5) is 115. The zero-order valence-corrected chi connectivity index (χ0v) is 28.9. The highest BCUT2D eigenvalue weighted by molar-refractivity contribution is 6.11. The van der Waals surface area contributed by atoms with E-state index in [1.165, 1.54) is 86.9 Å². The molecule has 2 aromatic rings. The minimum absolute atomic E-state index is 0.316. The standard InChI is InChI=1S/C36H32N2O16/c1-37-31(43)51-35(27(39)21-13-5-7-17-25(21)49-33(45)47-3)19-11-9-15-23(35)29(41)53-54-30(42)24-16-10-12-20-36(24,52-32(44)38-2)28(40)22-14-6-8-18-26(22)50-34(46)48-4/h5-20,23-24H,1-4H3,(H,37,43)(H,38,44). The van der Waals surface area contributed by atoms with Gasteiger partial charge in [0.1, 0.15) is 23.3 Å². The lowest BCUT2D eigenvalue weighted by Gasteiger charge is -2.35. The van der Waals surface area contributed by atoms with Gasteiger partial charge in [-0.25, -0.2) is 38.5 Å². The van der Waals surface area contributed by atoms with Crippen molar-refractivity contribution in [1.82, 2.24) is 10.6 Å². The van der Waals surface area contributed by atoms with Crippen molar-refractivity contribution < 1.29 is 76.6 Å². The second-order valence-corrected chi connectivity index (χ2v) is 10.9. The maximum absolute atomic E-state index is 14.2. The number of ketones is 2. The van der Waals surface area contributed by atoms with E-state index in [-0.39, 0.29) is 22.6 Å². The van der Waals surface area contributed by atoms with Gasteiger partial charge in [0.05, 0.1) is 25.3 Å². The highest BCUT2D eigenvalue weighted by Gasteiger charge is 2.55. The van der Waals surface area contributed by atoms with Crippen LogP contribution >= 0.6 is 0 Å². The quantitative estimate of drug-likeness (QED) is 0.0880. The number of rotatable bonds is 10. The van der Waals surface area contributed by atoms with Crippen LogP contribution in [0.4, 0.5) is 19.2 Å². The molecule has 0 saturated heterocycles. The SMILES string of the molecule is CNC(=O)OC1(C(=O)c2ccccc2OC(=O)OC)C=CC=CC1C(=O)OOC(=O)C1C=CC=CC1(OC(=O)NC)C(=O)c1ccccc1OC(=O)OC. The Labute approximate surface area is 306 Å². The Morgan fingerprint density at radius 1 is 0.556 bits per heavy atom. The van der Waals surface area contributed by atoms with E-state index in [2.05, 4.69) is 20.1 Å². The molecule has 2 aliphatic rings. The molecule has 2 amide bonds. The number of alkyl carbamates (subject to hydrolysis) is 2. The summed E-state index contributed by atoms with van der Waals surface area (Å²) in [5, 5.41) is 4.36. The van der Waals surface area contributed by atoms with Crippen LogP contribution in [0.5, 0.6) is 11.5 Å². The van der Waals surface area contributed by atoms with Gasteiger partial charge in [0.15, 0.2) is 0 Å². The minimum Gasteiger partial charge on any atom is -0.437 e. The van der Waals surface area contributed by atoms with E-state index < -0.39 is 71.0 Å². The summed E-state index contributed by atoms with van der Waals surface area (Å²) in [6, 6.07) is 10.6. The molecule has 0 aliphatic heterocycles. The Balaban J connectivity index is 1.69. The summed E-state index contributed by atoms with van der Waals surface area (Å²) >= 11 is 0. The first-order valence-corrected chi connectivity index (χ1v) is 15.6. The minimum atomic E-state index is -2.52. The molecule has 0 saturated carbocycles. The molecule has 0 radical (unpaired) electrons. The van der Waals surface area contributed by atoms with Gasteiger partial charge in [-0.3, -0.25) is 9.59 Å². The average molecular weight is 749 g/mol. The molecule has 0 heterocycles. The number of para-hydroxylation sites is 2. The number of allylic oxidation sites excluding steroid dienone is 4. The van der Waals surface area contributed by atoms with Gasteiger partial charge < -0.3 is 39.1 Å². The molecule has 18 heteroatoms. The van der Waals surface area contributed by atoms with Crippen molar-refractivity contribution in [2.75, 3.05) is 28.3 Å². The molecule has 2 N–H and O–H groups in total. The molecule has 4 atom stereocenters. The molecule has 282 valence electrons. The van der Waals surface area contributed by atoms with Crippen molar-refractivity contribution in [2.24, 2.45) is 11.8 Å². The van der Waals surface area contributed by atoms with Gasteiger partial charge in [-0.1, -0.05) is 60.7 Å². The maximum Gasteiger partial charge on any atom is 0.513 e. The van der Waals surface area contributed by atoms with Crippen LogP contribution in [0, 0.1) is 11.8 Å². The van der Waals surface area contributed by atoms with Crippen molar-refractivity contribution >= 4 is 48.0 Å². The Morgan fingerprint density at radius 2 is 0.926 bits per heavy atom. The van der Waals surface area contributed by atoms with E-state index in [0.717, 1.165) is 38.5 Å². The number of Topliss-reactive ketones (excluding diaryl/α,β-unsaturated/α-hetero) is 2. The van der Waals surface area contributed by atoms with E-state index in [0.29, 0.717) is 0 Å². The van der Waals surface area contributed by atoms with Crippen LogP contribution in [0.3, 0.4) is 0 Å². The first-order chi connectivity index (χ1) is 25.9. The summed E-state index contributed by atoms with van der Waals surface area (Å²) < 4.78 is 30.2. The number of hydrogen-bond acceptors (Lipinski definition) is 16. The fraction of sp³-hybridized carbons (Fsp3) is 0.222.